The summed E-state index contributed by atoms with van der Waals surface area (Å²) in [5.74, 6) is 2.52. The molecule has 4 saturated heterocycles. The summed E-state index contributed by atoms with van der Waals surface area (Å²) in [5.41, 5.74) is 3.56. The number of aromatic nitrogens is 3. The molecular weight excluding hydrogens is 568 g/mol. The van der Waals surface area contributed by atoms with Gasteiger partial charge < -0.3 is 29.9 Å². The largest absolute Gasteiger partial charge is 0.381 e. The van der Waals surface area contributed by atoms with E-state index in [4.69, 9.17) is 24.4 Å². The van der Waals surface area contributed by atoms with E-state index in [2.05, 4.69) is 37.5 Å². The van der Waals surface area contributed by atoms with Crippen LogP contribution in [0.25, 0.3) is 11.4 Å². The van der Waals surface area contributed by atoms with Crippen LogP contribution in [0, 0.1) is 0 Å². The van der Waals surface area contributed by atoms with Crippen molar-refractivity contribution >= 4 is 29.0 Å². The highest BCUT2D eigenvalue weighted by Gasteiger charge is 2.39. The maximum atomic E-state index is 12.8. The van der Waals surface area contributed by atoms with Gasteiger partial charge in [0, 0.05) is 74.0 Å². The van der Waals surface area contributed by atoms with Gasteiger partial charge in [-0.3, -0.25) is 4.90 Å². The van der Waals surface area contributed by atoms with Crippen molar-refractivity contribution in [3.8, 4) is 11.4 Å². The molecule has 1 saturated carbocycles. The summed E-state index contributed by atoms with van der Waals surface area (Å²) in [4.78, 5) is 35.2. The van der Waals surface area contributed by atoms with E-state index in [1.807, 2.05) is 36.4 Å². The SMILES string of the molecule is O=C(Nc1ccc(-c2nc(C3CCOCC3)nc(N3C4CCC3COC4)n2)cc1)Nc1ccc(N2CCN(C3CC3)CC2)cc1. The summed E-state index contributed by atoms with van der Waals surface area (Å²) in [6, 6.07) is 17.0. The Balaban J connectivity index is 0.928. The van der Waals surface area contributed by atoms with Crippen molar-refractivity contribution in [1.82, 2.24) is 19.9 Å². The number of fused-ring (bicyclic) bond motifs is 2. The molecule has 11 nitrogen and oxygen atoms in total. The van der Waals surface area contributed by atoms with Crippen LogP contribution in [-0.4, -0.2) is 96.6 Å². The lowest BCUT2D eigenvalue weighted by Gasteiger charge is -2.36. The number of amides is 2. The van der Waals surface area contributed by atoms with Crippen LogP contribution in [0.15, 0.2) is 48.5 Å². The maximum absolute atomic E-state index is 12.8. The van der Waals surface area contributed by atoms with Crippen molar-refractivity contribution in [2.24, 2.45) is 0 Å². The van der Waals surface area contributed by atoms with Gasteiger partial charge in [-0.1, -0.05) is 0 Å². The molecule has 45 heavy (non-hydrogen) atoms. The molecule has 2 atom stereocenters. The summed E-state index contributed by atoms with van der Waals surface area (Å²) >= 11 is 0. The van der Waals surface area contributed by atoms with Gasteiger partial charge in [0.25, 0.3) is 0 Å². The number of nitrogens with zero attached hydrogens (tertiary/aromatic N) is 6. The van der Waals surface area contributed by atoms with E-state index in [0.29, 0.717) is 36.8 Å². The van der Waals surface area contributed by atoms with E-state index in [0.717, 1.165) is 94.1 Å². The quantitative estimate of drug-likeness (QED) is 0.393. The van der Waals surface area contributed by atoms with E-state index in [9.17, 15) is 4.79 Å². The molecule has 3 aromatic rings. The number of carbonyl (C=O) groups is 1. The Morgan fingerprint density at radius 3 is 1.96 bits per heavy atom. The Morgan fingerprint density at radius 1 is 0.689 bits per heavy atom. The second-order valence-electron chi connectivity index (χ2n) is 13.0. The molecule has 2 bridgehead atoms. The molecule has 236 valence electrons. The van der Waals surface area contributed by atoms with Crippen molar-refractivity contribution < 1.29 is 14.3 Å². The molecule has 5 heterocycles. The number of urea groups is 1. The number of hydrogen-bond donors (Lipinski definition) is 2. The molecule has 0 radical (unpaired) electrons. The van der Waals surface area contributed by atoms with Gasteiger partial charge in [0.1, 0.15) is 5.82 Å². The lowest BCUT2D eigenvalue weighted by atomic mass is 9.99. The fourth-order valence-electron chi connectivity index (χ4n) is 7.26. The zero-order valence-electron chi connectivity index (χ0n) is 25.7. The van der Waals surface area contributed by atoms with Crippen molar-refractivity contribution in [3.05, 3.63) is 54.4 Å². The Kier molecular flexibility index (Phi) is 7.98. The lowest BCUT2D eigenvalue weighted by Crippen LogP contribution is -2.47. The zero-order chi connectivity index (χ0) is 30.2. The van der Waals surface area contributed by atoms with Crippen LogP contribution in [-0.2, 0) is 9.47 Å². The predicted octanol–water partition coefficient (Wildman–Crippen LogP) is 4.73. The number of piperazine rings is 1. The molecule has 5 aliphatic rings. The van der Waals surface area contributed by atoms with E-state index in [1.54, 1.807) is 0 Å². The van der Waals surface area contributed by atoms with Crippen molar-refractivity contribution in [2.75, 3.05) is 73.0 Å². The van der Waals surface area contributed by atoms with Gasteiger partial charge in [0.05, 0.1) is 25.3 Å². The average Bonchev–Trinajstić information content (AvgIpc) is 3.91. The van der Waals surface area contributed by atoms with Gasteiger partial charge in [0.15, 0.2) is 5.82 Å². The Morgan fingerprint density at radius 2 is 1.31 bits per heavy atom. The molecule has 2 unspecified atom stereocenters. The summed E-state index contributed by atoms with van der Waals surface area (Å²) in [6.45, 7) is 7.26. The third-order valence-corrected chi connectivity index (χ3v) is 9.97. The normalized spacial score (nSPS) is 24.1. The standard InChI is InChI=1S/C34H42N8O3/c43-34(36-26-5-7-27(8-6-26)40-15-17-41(18-16-40)28-9-10-28)35-25-3-1-23(2-4-25)31-37-32(24-13-19-44-20-14-24)39-33(38-31)42-29-11-12-30(42)22-45-21-29/h1-8,24,28-30H,9-22H2,(H2,35,36,43). The average molecular weight is 611 g/mol. The van der Waals surface area contributed by atoms with Gasteiger partial charge >= 0.3 is 6.03 Å². The summed E-state index contributed by atoms with van der Waals surface area (Å²) in [6.07, 6.45) is 6.75. The number of nitrogens with one attached hydrogen (secondary N) is 2. The molecule has 2 amide bonds. The van der Waals surface area contributed by atoms with Gasteiger partial charge in [-0.2, -0.15) is 9.97 Å². The summed E-state index contributed by atoms with van der Waals surface area (Å²) < 4.78 is 11.4. The zero-order valence-corrected chi connectivity index (χ0v) is 25.7. The highest BCUT2D eigenvalue weighted by Crippen LogP contribution is 2.35. The minimum Gasteiger partial charge on any atom is -0.381 e. The molecule has 8 rings (SSSR count). The van der Waals surface area contributed by atoms with E-state index >= 15 is 0 Å². The van der Waals surface area contributed by atoms with E-state index < -0.39 is 0 Å². The first-order valence-electron chi connectivity index (χ1n) is 16.6. The van der Waals surface area contributed by atoms with Gasteiger partial charge in [0.2, 0.25) is 5.95 Å². The third-order valence-electron chi connectivity index (χ3n) is 9.97. The molecule has 1 aromatic heterocycles. The van der Waals surface area contributed by atoms with E-state index in [1.165, 1.54) is 18.5 Å². The molecule has 11 heteroatoms. The maximum Gasteiger partial charge on any atom is 0.323 e. The Labute approximate surface area is 264 Å². The molecule has 0 spiro atoms. The molecular formula is C34H42N8O3. The van der Waals surface area contributed by atoms with Gasteiger partial charge in [-0.15, -0.1) is 0 Å². The highest BCUT2D eigenvalue weighted by atomic mass is 16.5. The molecule has 1 aliphatic carbocycles. The van der Waals surface area contributed by atoms with Crippen LogP contribution in [0.1, 0.15) is 50.3 Å². The third kappa shape index (κ3) is 6.34. The van der Waals surface area contributed by atoms with Crippen LogP contribution < -0.4 is 20.4 Å². The van der Waals surface area contributed by atoms with Crippen molar-refractivity contribution in [1.29, 1.82) is 0 Å². The smallest absolute Gasteiger partial charge is 0.323 e. The number of carbonyl (C=O) groups excluding carboxylic acids is 1. The number of rotatable bonds is 7. The number of anilines is 4. The number of benzene rings is 2. The van der Waals surface area contributed by atoms with Crippen LogP contribution in [0.4, 0.5) is 27.8 Å². The molecule has 2 aromatic carbocycles. The fraction of sp³-hybridized carbons (Fsp3) is 0.529. The van der Waals surface area contributed by atoms with Gasteiger partial charge in [-0.05, 0) is 87.1 Å². The first-order chi connectivity index (χ1) is 22.2. The fourth-order valence-corrected chi connectivity index (χ4v) is 7.26. The van der Waals surface area contributed by atoms with Crippen LogP contribution in [0.2, 0.25) is 0 Å². The second kappa shape index (κ2) is 12.5. The number of morpholine rings is 1. The Hall–Kier alpha value is -3.80. The van der Waals surface area contributed by atoms with Crippen molar-refractivity contribution in [3.63, 3.8) is 0 Å². The predicted molar refractivity (Wildman–Crippen MR) is 174 cm³/mol. The highest BCUT2D eigenvalue weighted by molar-refractivity contribution is 5.99. The first-order valence-corrected chi connectivity index (χ1v) is 16.6. The lowest BCUT2D eigenvalue weighted by molar-refractivity contribution is 0.0831. The summed E-state index contributed by atoms with van der Waals surface area (Å²) in [5, 5.41) is 5.92. The monoisotopic (exact) mass is 610 g/mol. The van der Waals surface area contributed by atoms with E-state index in [-0.39, 0.29) is 11.9 Å². The second-order valence-corrected chi connectivity index (χ2v) is 13.0. The number of ether oxygens (including phenoxy) is 2. The van der Waals surface area contributed by atoms with Crippen LogP contribution in [0.5, 0.6) is 0 Å². The topological polar surface area (TPSA) is 108 Å². The summed E-state index contributed by atoms with van der Waals surface area (Å²) in [7, 11) is 0. The molecule has 2 N–H and O–H groups in total. The molecule has 5 fully saturated rings. The molecule has 4 aliphatic heterocycles. The minimum absolute atomic E-state index is 0.259. The van der Waals surface area contributed by atoms with Crippen LogP contribution in [0.3, 0.4) is 0 Å². The minimum atomic E-state index is -0.277. The first kappa shape index (κ1) is 28.7. The number of hydrogen-bond acceptors (Lipinski definition) is 9. The van der Waals surface area contributed by atoms with Crippen LogP contribution >= 0.6 is 0 Å². The van der Waals surface area contributed by atoms with Gasteiger partial charge in [-0.25, -0.2) is 9.78 Å². The van der Waals surface area contributed by atoms with Crippen molar-refractivity contribution in [2.45, 2.75) is 62.6 Å². The Bertz CT molecular complexity index is 1470.